The molecule has 1 aliphatic heterocycles. The van der Waals surface area contributed by atoms with Crippen molar-refractivity contribution in [2.45, 2.75) is 5.92 Å². The monoisotopic (exact) mass is 396 g/mol. The van der Waals surface area contributed by atoms with E-state index >= 15 is 0 Å². The molecule has 1 aliphatic rings. The summed E-state index contributed by atoms with van der Waals surface area (Å²) in [5.41, 5.74) is 1.33. The lowest BCUT2D eigenvalue weighted by Crippen LogP contribution is -2.33. The van der Waals surface area contributed by atoms with Gasteiger partial charge in [0.05, 0.1) is 17.0 Å². The molecule has 3 aromatic rings. The van der Waals surface area contributed by atoms with Gasteiger partial charge in [-0.15, -0.1) is 0 Å². The topological polar surface area (TPSA) is 67.2 Å². The first-order valence-corrected chi connectivity index (χ1v) is 9.23. The average molecular weight is 396 g/mol. The highest BCUT2D eigenvalue weighted by Gasteiger charge is 2.34. The Hall–Kier alpha value is -3.13. The summed E-state index contributed by atoms with van der Waals surface area (Å²) in [7, 11) is 0. The summed E-state index contributed by atoms with van der Waals surface area (Å²) >= 11 is 1.04. The number of pyridine rings is 2. The molecule has 3 heterocycles. The molecular formula is C20H14F2N4OS. The number of nitrogens with zero attached hydrogens (tertiary/aromatic N) is 3. The first-order valence-electron chi connectivity index (χ1n) is 8.42. The van der Waals surface area contributed by atoms with Gasteiger partial charge < -0.3 is 5.32 Å². The smallest absolute Gasteiger partial charge is 0.306 e. The van der Waals surface area contributed by atoms with E-state index in [1.54, 1.807) is 18.3 Å². The molecule has 0 saturated carbocycles. The number of carbonyl (C=O) groups excluding carboxylic acids is 1. The van der Waals surface area contributed by atoms with Crippen LogP contribution in [0.15, 0.2) is 70.8 Å². The third-order valence-corrected chi connectivity index (χ3v) is 4.99. The molecular weight excluding hydrogens is 382 g/mol. The van der Waals surface area contributed by atoms with Crippen molar-refractivity contribution < 1.29 is 13.6 Å². The van der Waals surface area contributed by atoms with Crippen LogP contribution in [0.1, 0.15) is 11.3 Å². The van der Waals surface area contributed by atoms with E-state index in [9.17, 15) is 13.6 Å². The molecule has 5 nitrogen and oxygen atoms in total. The summed E-state index contributed by atoms with van der Waals surface area (Å²) < 4.78 is 28.4. The normalized spacial score (nSPS) is 15.9. The van der Waals surface area contributed by atoms with E-state index < -0.39 is 18.4 Å². The number of amidine groups is 1. The number of nitrogens with one attached hydrogen (secondary N) is 1. The molecule has 0 unspecified atom stereocenters. The van der Waals surface area contributed by atoms with Crippen molar-refractivity contribution in [1.82, 2.24) is 15.3 Å². The second-order valence-corrected chi connectivity index (χ2v) is 7.09. The van der Waals surface area contributed by atoms with Gasteiger partial charge in [-0.1, -0.05) is 18.2 Å². The van der Waals surface area contributed by atoms with Crippen LogP contribution in [0.2, 0.25) is 0 Å². The number of thioether (sulfide) groups is 1. The summed E-state index contributed by atoms with van der Waals surface area (Å²) in [6, 6.07) is 13.7. The standard InChI is InChI=1S/C20H14F2N4OS/c21-20(22,17-5-1-2-8-24-17)12-25-19-26-18(27)16(28-19)11-13-6-7-15-14(10-13)4-3-9-23-15/h1-11H,12H2,(H,25,26,27)/b16-11-. The molecule has 1 amide bonds. The maximum Gasteiger partial charge on any atom is 0.306 e. The van der Waals surface area contributed by atoms with E-state index in [1.807, 2.05) is 30.3 Å². The zero-order chi connectivity index (χ0) is 19.6. The third kappa shape index (κ3) is 3.91. The van der Waals surface area contributed by atoms with Crippen molar-refractivity contribution in [1.29, 1.82) is 0 Å². The zero-order valence-corrected chi connectivity index (χ0v) is 15.3. The summed E-state index contributed by atoms with van der Waals surface area (Å²) in [6.45, 7) is -0.696. The second-order valence-electron chi connectivity index (χ2n) is 6.06. The van der Waals surface area contributed by atoms with Crippen molar-refractivity contribution in [3.05, 3.63) is 77.1 Å². The maximum absolute atomic E-state index is 14.2. The van der Waals surface area contributed by atoms with Gasteiger partial charge >= 0.3 is 5.92 Å². The molecule has 4 rings (SSSR count). The summed E-state index contributed by atoms with van der Waals surface area (Å²) in [6.07, 6.45) is 4.71. The Kier molecular flexibility index (Phi) is 4.87. The van der Waals surface area contributed by atoms with Crippen LogP contribution < -0.4 is 5.32 Å². The Labute approximate surface area is 163 Å². The molecule has 0 bridgehead atoms. The van der Waals surface area contributed by atoms with Gasteiger partial charge in [0, 0.05) is 17.8 Å². The second kappa shape index (κ2) is 7.47. The van der Waals surface area contributed by atoms with Crippen LogP contribution >= 0.6 is 11.8 Å². The molecule has 28 heavy (non-hydrogen) atoms. The van der Waals surface area contributed by atoms with E-state index in [4.69, 9.17) is 0 Å². The highest BCUT2D eigenvalue weighted by Crippen LogP contribution is 2.30. The van der Waals surface area contributed by atoms with Crippen LogP contribution in [0.5, 0.6) is 0 Å². The third-order valence-electron chi connectivity index (χ3n) is 4.05. The first kappa shape index (κ1) is 18.2. The largest absolute Gasteiger partial charge is 0.358 e. The Morgan fingerprint density at radius 2 is 1.93 bits per heavy atom. The SMILES string of the molecule is O=C1N=C(NCC(F)(F)c2ccccn2)S/C1=C\c1ccc2ncccc2c1. The van der Waals surface area contributed by atoms with E-state index in [-0.39, 0.29) is 10.9 Å². The molecule has 1 aromatic carbocycles. The summed E-state index contributed by atoms with van der Waals surface area (Å²) in [4.78, 5) is 24.2. The minimum Gasteiger partial charge on any atom is -0.358 e. The average Bonchev–Trinajstić information content (AvgIpc) is 3.06. The quantitative estimate of drug-likeness (QED) is 0.676. The number of carbonyl (C=O) groups is 1. The Morgan fingerprint density at radius 1 is 1.07 bits per heavy atom. The van der Waals surface area contributed by atoms with Gasteiger partial charge in [-0.05, 0) is 53.7 Å². The lowest BCUT2D eigenvalue weighted by atomic mass is 10.1. The van der Waals surface area contributed by atoms with Gasteiger partial charge in [-0.25, -0.2) is 0 Å². The lowest BCUT2D eigenvalue weighted by molar-refractivity contribution is -0.113. The first-order chi connectivity index (χ1) is 13.5. The summed E-state index contributed by atoms with van der Waals surface area (Å²) in [5, 5.41) is 3.64. The number of halogens is 2. The lowest BCUT2D eigenvalue weighted by Gasteiger charge is -2.16. The molecule has 0 atom stereocenters. The fourth-order valence-electron chi connectivity index (χ4n) is 2.68. The highest BCUT2D eigenvalue weighted by molar-refractivity contribution is 8.18. The van der Waals surface area contributed by atoms with Crippen LogP contribution in [-0.4, -0.2) is 27.6 Å². The van der Waals surface area contributed by atoms with Crippen molar-refractivity contribution >= 4 is 39.8 Å². The zero-order valence-electron chi connectivity index (χ0n) is 14.5. The Bertz CT molecular complexity index is 1100. The molecule has 0 fully saturated rings. The Balaban J connectivity index is 1.45. The van der Waals surface area contributed by atoms with Crippen molar-refractivity contribution in [3.8, 4) is 0 Å². The van der Waals surface area contributed by atoms with Crippen LogP contribution in [0.3, 0.4) is 0 Å². The summed E-state index contributed by atoms with van der Waals surface area (Å²) in [5.74, 6) is -3.63. The number of hydrogen-bond acceptors (Lipinski definition) is 5. The van der Waals surface area contributed by atoms with Crippen LogP contribution in [0.4, 0.5) is 8.78 Å². The van der Waals surface area contributed by atoms with Crippen molar-refractivity contribution in [2.24, 2.45) is 4.99 Å². The van der Waals surface area contributed by atoms with Crippen LogP contribution in [-0.2, 0) is 10.7 Å². The van der Waals surface area contributed by atoms with Gasteiger partial charge in [-0.3, -0.25) is 14.8 Å². The van der Waals surface area contributed by atoms with Gasteiger partial charge in [0.15, 0.2) is 5.17 Å². The number of aliphatic imine (C=N–C) groups is 1. The number of alkyl halides is 2. The fourth-order valence-corrected chi connectivity index (χ4v) is 3.49. The number of rotatable bonds is 4. The minimum atomic E-state index is -3.18. The molecule has 0 aliphatic carbocycles. The Morgan fingerprint density at radius 3 is 2.75 bits per heavy atom. The minimum absolute atomic E-state index is 0.148. The molecule has 140 valence electrons. The number of benzene rings is 1. The van der Waals surface area contributed by atoms with E-state index in [0.717, 1.165) is 28.2 Å². The number of amides is 1. The molecule has 1 N–H and O–H groups in total. The number of aromatic nitrogens is 2. The van der Waals surface area contributed by atoms with E-state index in [0.29, 0.717) is 4.91 Å². The maximum atomic E-state index is 14.2. The van der Waals surface area contributed by atoms with Crippen LogP contribution in [0, 0.1) is 0 Å². The van der Waals surface area contributed by atoms with Gasteiger partial charge in [0.1, 0.15) is 5.69 Å². The molecule has 0 spiro atoms. The number of fused-ring (bicyclic) bond motifs is 1. The van der Waals surface area contributed by atoms with Gasteiger partial charge in [0.25, 0.3) is 5.91 Å². The number of hydrogen-bond donors (Lipinski definition) is 1. The molecule has 0 radical (unpaired) electrons. The fraction of sp³-hybridized carbons (Fsp3) is 0.100. The molecule has 2 aromatic heterocycles. The predicted octanol–water partition coefficient (Wildman–Crippen LogP) is 3.98. The molecule has 8 heteroatoms. The predicted molar refractivity (Wildman–Crippen MR) is 106 cm³/mol. The van der Waals surface area contributed by atoms with E-state index in [2.05, 4.69) is 20.3 Å². The van der Waals surface area contributed by atoms with Crippen LogP contribution in [0.25, 0.3) is 17.0 Å². The van der Waals surface area contributed by atoms with Crippen molar-refractivity contribution in [3.63, 3.8) is 0 Å². The van der Waals surface area contributed by atoms with E-state index in [1.165, 1.54) is 18.3 Å². The van der Waals surface area contributed by atoms with Crippen molar-refractivity contribution in [2.75, 3.05) is 6.54 Å². The van der Waals surface area contributed by atoms with Gasteiger partial charge in [-0.2, -0.15) is 13.8 Å². The van der Waals surface area contributed by atoms with Gasteiger partial charge in [0.2, 0.25) is 0 Å². The highest BCUT2D eigenvalue weighted by atomic mass is 32.2. The molecule has 0 saturated heterocycles.